The molecule has 0 radical (unpaired) electrons. The third-order valence-electron chi connectivity index (χ3n) is 4.23. The van der Waals surface area contributed by atoms with Crippen molar-refractivity contribution in [3.8, 4) is 0 Å². The highest BCUT2D eigenvalue weighted by Crippen LogP contribution is 2.28. The fraction of sp³-hybridized carbons (Fsp3) is 0.800. The molecule has 9 heteroatoms. The Morgan fingerprint density at radius 2 is 2.04 bits per heavy atom. The van der Waals surface area contributed by atoms with Gasteiger partial charge in [0.2, 0.25) is 5.91 Å². The first kappa shape index (κ1) is 18.9. The van der Waals surface area contributed by atoms with Crippen molar-refractivity contribution in [1.82, 2.24) is 14.7 Å². The van der Waals surface area contributed by atoms with Crippen molar-refractivity contribution in [3.05, 3.63) is 0 Å². The molecule has 2 aliphatic rings. The molecule has 0 bridgehead atoms. The van der Waals surface area contributed by atoms with E-state index in [4.69, 9.17) is 9.84 Å². The highest BCUT2D eigenvalue weighted by molar-refractivity contribution is 7.16. The second-order valence-corrected chi connectivity index (χ2v) is 7.68. The van der Waals surface area contributed by atoms with E-state index in [0.717, 1.165) is 0 Å². The Morgan fingerprint density at radius 3 is 2.58 bits per heavy atom. The molecule has 0 saturated carbocycles. The maximum atomic E-state index is 12.4. The van der Waals surface area contributed by atoms with E-state index in [-0.39, 0.29) is 37.2 Å². The van der Waals surface area contributed by atoms with Crippen LogP contribution in [-0.2, 0) is 14.3 Å². The van der Waals surface area contributed by atoms with Crippen molar-refractivity contribution in [2.45, 2.75) is 44.9 Å². The SMILES string of the molecule is CC(C)(C)OC(=O)N1CN2CC(=O)N(CC(=O)O)CC[C@H]2C1CP. The second kappa shape index (κ2) is 7.23. The number of fused-ring (bicyclic) bond motifs is 1. The fourth-order valence-electron chi connectivity index (χ4n) is 3.21. The van der Waals surface area contributed by atoms with Crippen LogP contribution in [0.5, 0.6) is 0 Å². The van der Waals surface area contributed by atoms with E-state index < -0.39 is 11.6 Å². The van der Waals surface area contributed by atoms with Crippen LogP contribution in [-0.4, -0.2) is 87.9 Å². The van der Waals surface area contributed by atoms with Gasteiger partial charge in [0.15, 0.2) is 0 Å². The Hall–Kier alpha value is -1.40. The van der Waals surface area contributed by atoms with Crippen molar-refractivity contribution in [2.75, 3.05) is 32.5 Å². The average molecular weight is 359 g/mol. The van der Waals surface area contributed by atoms with Gasteiger partial charge in [0.05, 0.1) is 19.3 Å². The van der Waals surface area contributed by atoms with Gasteiger partial charge in [-0.25, -0.2) is 4.79 Å². The molecule has 2 amide bonds. The molecule has 24 heavy (non-hydrogen) atoms. The number of carboxylic acids is 1. The van der Waals surface area contributed by atoms with Crippen LogP contribution >= 0.6 is 9.24 Å². The first-order chi connectivity index (χ1) is 11.1. The number of rotatable bonds is 3. The third kappa shape index (κ3) is 4.36. The number of aliphatic carboxylic acids is 1. The Morgan fingerprint density at radius 1 is 1.38 bits per heavy atom. The molecule has 2 unspecified atom stereocenters. The first-order valence-electron chi connectivity index (χ1n) is 8.05. The molecule has 136 valence electrons. The van der Waals surface area contributed by atoms with Crippen LogP contribution in [0.3, 0.4) is 0 Å². The molecule has 0 aromatic carbocycles. The molecule has 1 N–H and O–H groups in total. The van der Waals surface area contributed by atoms with E-state index in [2.05, 4.69) is 9.24 Å². The fourth-order valence-corrected chi connectivity index (χ4v) is 3.78. The number of ether oxygens (including phenoxy) is 1. The van der Waals surface area contributed by atoms with Gasteiger partial charge < -0.3 is 14.7 Å². The molecule has 8 nitrogen and oxygen atoms in total. The van der Waals surface area contributed by atoms with Crippen LogP contribution in [0, 0.1) is 0 Å². The predicted octanol–water partition coefficient (Wildman–Crippen LogP) is 0.426. The van der Waals surface area contributed by atoms with E-state index in [1.165, 1.54) is 4.90 Å². The molecule has 2 fully saturated rings. The maximum Gasteiger partial charge on any atom is 0.411 e. The third-order valence-corrected chi connectivity index (χ3v) is 4.71. The smallest absolute Gasteiger partial charge is 0.411 e. The van der Waals surface area contributed by atoms with Gasteiger partial charge in [0, 0.05) is 12.6 Å². The van der Waals surface area contributed by atoms with Gasteiger partial charge in [0.25, 0.3) is 0 Å². The Labute approximate surface area is 144 Å². The van der Waals surface area contributed by atoms with E-state index in [1.54, 1.807) is 4.90 Å². The molecule has 0 aliphatic carbocycles. The van der Waals surface area contributed by atoms with Crippen molar-refractivity contribution in [3.63, 3.8) is 0 Å². The molecule has 0 spiro atoms. The molecule has 0 aromatic heterocycles. The van der Waals surface area contributed by atoms with Crippen LogP contribution in [0.15, 0.2) is 0 Å². The summed E-state index contributed by atoms with van der Waals surface area (Å²) < 4.78 is 5.47. The summed E-state index contributed by atoms with van der Waals surface area (Å²) in [5.74, 6) is -1.23. The number of carbonyl (C=O) groups is 3. The summed E-state index contributed by atoms with van der Waals surface area (Å²) in [5.41, 5.74) is -0.573. The molecular formula is C15H26N3O5P. The van der Waals surface area contributed by atoms with Gasteiger partial charge >= 0.3 is 12.1 Å². The van der Waals surface area contributed by atoms with Crippen LogP contribution < -0.4 is 0 Å². The summed E-state index contributed by atoms with van der Waals surface area (Å²) >= 11 is 0. The number of carboxylic acid groups (broad SMARTS) is 1. The minimum absolute atomic E-state index is 0.0257. The quantitative estimate of drug-likeness (QED) is 0.735. The topological polar surface area (TPSA) is 90.4 Å². The zero-order valence-corrected chi connectivity index (χ0v) is 15.6. The monoisotopic (exact) mass is 359 g/mol. The van der Waals surface area contributed by atoms with Crippen molar-refractivity contribution in [2.24, 2.45) is 0 Å². The minimum atomic E-state index is -1.01. The van der Waals surface area contributed by atoms with E-state index >= 15 is 0 Å². The Balaban J connectivity index is 2.10. The van der Waals surface area contributed by atoms with Gasteiger partial charge in [-0.3, -0.25) is 19.4 Å². The van der Waals surface area contributed by atoms with E-state index in [9.17, 15) is 14.4 Å². The van der Waals surface area contributed by atoms with E-state index in [1.807, 2.05) is 25.7 Å². The van der Waals surface area contributed by atoms with Crippen molar-refractivity contribution in [1.29, 1.82) is 0 Å². The zero-order valence-electron chi connectivity index (χ0n) is 14.4. The first-order valence-corrected chi connectivity index (χ1v) is 8.87. The molecule has 2 aliphatic heterocycles. The van der Waals surface area contributed by atoms with Crippen LogP contribution in [0.4, 0.5) is 4.79 Å². The lowest BCUT2D eigenvalue weighted by molar-refractivity contribution is -0.144. The number of nitrogens with zero attached hydrogens (tertiary/aromatic N) is 3. The number of amides is 2. The van der Waals surface area contributed by atoms with E-state index in [0.29, 0.717) is 25.8 Å². The van der Waals surface area contributed by atoms with Crippen LogP contribution in [0.1, 0.15) is 27.2 Å². The lowest BCUT2D eigenvalue weighted by Crippen LogP contribution is -2.44. The molecule has 2 saturated heterocycles. The van der Waals surface area contributed by atoms with Gasteiger partial charge in [0.1, 0.15) is 12.1 Å². The average Bonchev–Trinajstić information content (AvgIpc) is 2.71. The second-order valence-electron chi connectivity index (χ2n) is 7.21. The number of hydrogen-bond acceptors (Lipinski definition) is 5. The van der Waals surface area contributed by atoms with Crippen LogP contribution in [0.2, 0.25) is 0 Å². The summed E-state index contributed by atoms with van der Waals surface area (Å²) in [5, 5.41) is 8.92. The molecule has 3 atom stereocenters. The van der Waals surface area contributed by atoms with Gasteiger partial charge in [-0.2, -0.15) is 0 Å². The summed E-state index contributed by atoms with van der Waals surface area (Å²) in [6, 6.07) is -0.0415. The van der Waals surface area contributed by atoms with Gasteiger partial charge in [-0.1, -0.05) is 0 Å². The molecule has 2 rings (SSSR count). The predicted molar refractivity (Wildman–Crippen MR) is 90.6 cm³/mol. The Bertz CT molecular complexity index is 522. The zero-order chi connectivity index (χ0) is 18.1. The Kier molecular flexibility index (Phi) is 5.71. The summed E-state index contributed by atoms with van der Waals surface area (Å²) in [6.45, 7) is 6.02. The largest absolute Gasteiger partial charge is 0.480 e. The van der Waals surface area contributed by atoms with Crippen LogP contribution in [0.25, 0.3) is 0 Å². The number of carbonyl (C=O) groups excluding carboxylic acids is 2. The molecular weight excluding hydrogens is 333 g/mol. The minimum Gasteiger partial charge on any atom is -0.480 e. The highest BCUT2D eigenvalue weighted by atomic mass is 31.0. The highest BCUT2D eigenvalue weighted by Gasteiger charge is 2.45. The number of hydrogen-bond donors (Lipinski definition) is 1. The lowest BCUT2D eigenvalue weighted by Gasteiger charge is -2.29. The lowest BCUT2D eigenvalue weighted by atomic mass is 10.1. The molecule has 0 aromatic rings. The van der Waals surface area contributed by atoms with Gasteiger partial charge in [-0.15, -0.1) is 9.24 Å². The van der Waals surface area contributed by atoms with Gasteiger partial charge in [-0.05, 0) is 33.4 Å². The standard InChI is InChI=1S/C15H26N3O5P/c1-15(2,3)23-14(22)18-9-17-6-12(19)16(7-13(20)21)5-4-10(17)11(18)8-24/h10-11H,4-9,24H2,1-3H3,(H,20,21)/t10-,11?/m0/s1. The molecule has 2 heterocycles. The van der Waals surface area contributed by atoms with Crippen molar-refractivity contribution >= 4 is 27.2 Å². The maximum absolute atomic E-state index is 12.4. The summed E-state index contributed by atoms with van der Waals surface area (Å²) in [7, 11) is 2.65. The summed E-state index contributed by atoms with van der Waals surface area (Å²) in [4.78, 5) is 40.6. The summed E-state index contributed by atoms with van der Waals surface area (Å²) in [6.07, 6.45) is 0.933. The van der Waals surface area contributed by atoms with Crippen molar-refractivity contribution < 1.29 is 24.2 Å². The normalized spacial score (nSPS) is 25.4.